The molecule has 3 aromatic heterocycles. The number of benzene rings is 3. The van der Waals surface area contributed by atoms with Crippen molar-refractivity contribution in [2.45, 2.75) is 94.6 Å². The van der Waals surface area contributed by atoms with Crippen LogP contribution in [0.5, 0.6) is 23.3 Å². The minimum atomic E-state index is -3.95. The molecule has 3 aliphatic heterocycles. The van der Waals surface area contributed by atoms with Crippen LogP contribution in [0.4, 0.5) is 36.4 Å². The highest BCUT2D eigenvalue weighted by Gasteiger charge is 2.53. The topological polar surface area (TPSA) is 292 Å². The summed E-state index contributed by atoms with van der Waals surface area (Å²) in [6, 6.07) is 14.1. The van der Waals surface area contributed by atoms with E-state index in [9.17, 15) is 41.1 Å². The van der Waals surface area contributed by atoms with Gasteiger partial charge < -0.3 is 69.9 Å². The summed E-state index contributed by atoms with van der Waals surface area (Å²) < 4.78 is 103. The van der Waals surface area contributed by atoms with Crippen molar-refractivity contribution in [1.29, 1.82) is 0 Å². The highest BCUT2D eigenvalue weighted by molar-refractivity contribution is 7.90. The number of sulfone groups is 1. The summed E-state index contributed by atoms with van der Waals surface area (Å²) in [6.45, 7) is 10.1. The molecule has 2 saturated heterocycles. The first-order valence-corrected chi connectivity index (χ1v) is 31.9. The number of alkyl halides is 3. The number of carbonyl (C=O) groups is 3. The Labute approximate surface area is 520 Å². The number of ether oxygens (including phenoxy) is 6. The van der Waals surface area contributed by atoms with Crippen molar-refractivity contribution >= 4 is 73.8 Å². The largest absolute Gasteiger partial charge is 0.586 e. The van der Waals surface area contributed by atoms with Gasteiger partial charge in [-0.15, -0.1) is 20.1 Å². The van der Waals surface area contributed by atoms with Gasteiger partial charge in [-0.1, -0.05) is 56.6 Å². The van der Waals surface area contributed by atoms with E-state index in [1.807, 2.05) is 30.0 Å². The van der Waals surface area contributed by atoms with Crippen LogP contribution >= 0.6 is 22.9 Å². The molecule has 6 aromatic rings. The molecule has 24 nitrogen and oxygen atoms in total. The van der Waals surface area contributed by atoms with E-state index in [1.54, 1.807) is 44.5 Å². The van der Waals surface area contributed by atoms with Gasteiger partial charge in [-0.05, 0) is 73.2 Å². The molecule has 6 N–H and O–H groups in total. The van der Waals surface area contributed by atoms with Gasteiger partial charge in [-0.2, -0.15) is 15.0 Å². The zero-order chi connectivity index (χ0) is 63.3. The summed E-state index contributed by atoms with van der Waals surface area (Å²) >= 11 is 8.16. The number of fused-ring (bicyclic) bond motifs is 1. The third kappa shape index (κ3) is 15.9. The Balaban J connectivity index is 0.757. The molecule has 3 amide bonds. The summed E-state index contributed by atoms with van der Waals surface area (Å²) in [4.78, 5) is 67.4. The molecule has 0 bridgehead atoms. The van der Waals surface area contributed by atoms with Gasteiger partial charge in [0.2, 0.25) is 23.7 Å². The van der Waals surface area contributed by atoms with E-state index in [2.05, 4.69) is 46.5 Å². The van der Waals surface area contributed by atoms with Crippen LogP contribution in [0.25, 0.3) is 10.4 Å². The van der Waals surface area contributed by atoms with E-state index < -0.39 is 69.2 Å². The molecule has 4 atom stereocenters. The van der Waals surface area contributed by atoms with Crippen LogP contribution < -0.4 is 50.4 Å². The first-order chi connectivity index (χ1) is 42.4. The molecule has 476 valence electrons. The van der Waals surface area contributed by atoms with E-state index >= 15 is 0 Å². The van der Waals surface area contributed by atoms with Crippen molar-refractivity contribution in [3.05, 3.63) is 106 Å². The van der Waals surface area contributed by atoms with Crippen LogP contribution in [-0.2, 0) is 40.2 Å². The van der Waals surface area contributed by atoms with Crippen LogP contribution in [0.2, 0.25) is 5.02 Å². The SMILES string of the molecule is Cc1ncsc1-c1ccc(CNC(=O)[C@@H]2C[C@@H](O)CN2C(=O)[C@@H](NC(=O)C2(F)CC2)C(C)(C)C)c(OCCOCCOCCOc2nc(Nc3cc(S(C)(=O)=O)ccc3N[C@@H](c3cccc4c3OC(F)(F)O4)c3ncccc3Cl)nc(N3CCNCC3)n2)c1. The number of hydrogen-bond donors (Lipinski definition) is 6. The number of halogens is 4. The normalized spacial score (nSPS) is 18.2. The number of anilines is 4. The average Bonchev–Trinajstić information content (AvgIpc) is 1.76. The third-order valence-corrected chi connectivity index (χ3v) is 17.4. The number of amides is 3. The second-order valence-electron chi connectivity index (χ2n) is 22.7. The van der Waals surface area contributed by atoms with Crippen molar-refractivity contribution in [2.24, 2.45) is 5.41 Å². The summed E-state index contributed by atoms with van der Waals surface area (Å²) in [7, 11) is -3.78. The zero-order valence-electron chi connectivity index (χ0n) is 49.3. The smallest absolute Gasteiger partial charge is 0.491 e. The van der Waals surface area contributed by atoms with Crippen LogP contribution in [0.3, 0.4) is 0 Å². The number of hydrogen-bond acceptors (Lipinski definition) is 22. The Morgan fingerprint density at radius 1 is 0.910 bits per heavy atom. The van der Waals surface area contributed by atoms with Crippen molar-refractivity contribution in [2.75, 3.05) is 94.2 Å². The van der Waals surface area contributed by atoms with Gasteiger partial charge in [-0.3, -0.25) is 19.4 Å². The standard InChI is InChI=1S/C59H68ClF3N12O12S2/c1-34-49(88-33-67-34)35-11-12-36(31-66-51(77)43-29-37(76)32-75(43)52(78)50(57(2,3)4)70-53(79)58(61)15-16-58)45(28-35)84-26-24-82-22-23-83-25-27-85-56-72-54(71-55(73-56)74-20-18-64-19-21-74)69-42-30-38(89(5,80)81)13-14-41(42)68-46(47-40(60)9-7-17-65-47)39-8-6-10-44-48(39)87-59(62,63)86-44/h6-14,17,28,30,33,37,43,46,50,64,68,76H,15-16,18-27,29,31-32H2,1-5H3,(H,66,77)(H,70,79)(H,69,71,72,73)/t37-,43+,46+,50-/m1/s1. The summed E-state index contributed by atoms with van der Waals surface area (Å²) in [6.07, 6.45) is -2.29. The third-order valence-electron chi connectivity index (χ3n) is 15.0. The van der Waals surface area contributed by atoms with E-state index in [-0.39, 0.29) is 134 Å². The van der Waals surface area contributed by atoms with Crippen molar-refractivity contribution in [3.63, 3.8) is 0 Å². The molecular weight excluding hydrogens is 1230 g/mol. The fourth-order valence-corrected chi connectivity index (χ4v) is 11.8. The maximum absolute atomic E-state index is 14.7. The van der Waals surface area contributed by atoms with Crippen molar-refractivity contribution in [1.82, 2.24) is 45.8 Å². The van der Waals surface area contributed by atoms with Gasteiger partial charge in [-0.25, -0.2) is 17.8 Å². The van der Waals surface area contributed by atoms with Gasteiger partial charge in [0.25, 0.3) is 5.91 Å². The number of thiazole rings is 1. The number of para-hydroxylation sites is 1. The number of likely N-dealkylation sites (tertiary alicyclic amines) is 1. The number of carbonyl (C=O) groups excluding carboxylic acids is 3. The monoisotopic (exact) mass is 1290 g/mol. The molecular formula is C59H68ClF3N12O12S2. The van der Waals surface area contributed by atoms with Crippen LogP contribution in [0.1, 0.15) is 68.6 Å². The quantitative estimate of drug-likeness (QED) is 0.0315. The second kappa shape index (κ2) is 27.2. The van der Waals surface area contributed by atoms with Gasteiger partial charge in [0.05, 0.1) is 81.6 Å². The molecule has 10 rings (SSSR count). The Morgan fingerprint density at radius 2 is 1.65 bits per heavy atom. The molecule has 1 aliphatic carbocycles. The number of β-amino-alcohol motifs (C(OH)–C–C–N with tert-alkyl or cyclic N) is 1. The minimum Gasteiger partial charge on any atom is -0.491 e. The van der Waals surface area contributed by atoms with Crippen LogP contribution in [0, 0.1) is 12.3 Å². The lowest BCUT2D eigenvalue weighted by Gasteiger charge is -2.35. The number of piperazine rings is 1. The van der Waals surface area contributed by atoms with E-state index in [0.717, 1.165) is 22.4 Å². The van der Waals surface area contributed by atoms with E-state index in [1.165, 1.54) is 52.8 Å². The molecule has 6 heterocycles. The number of rotatable bonds is 26. The number of aliphatic hydroxyl groups is 1. The molecule has 3 fully saturated rings. The minimum absolute atomic E-state index is 0.00389. The first-order valence-electron chi connectivity index (χ1n) is 28.7. The lowest BCUT2D eigenvalue weighted by Crippen LogP contribution is -2.59. The predicted molar refractivity (Wildman–Crippen MR) is 322 cm³/mol. The lowest BCUT2D eigenvalue weighted by atomic mass is 9.85. The lowest BCUT2D eigenvalue weighted by molar-refractivity contribution is -0.287. The predicted octanol–water partition coefficient (Wildman–Crippen LogP) is 6.53. The fraction of sp³-hybridized carbons (Fsp3) is 0.458. The van der Waals surface area contributed by atoms with E-state index in [0.29, 0.717) is 37.5 Å². The average molecular weight is 1290 g/mol. The van der Waals surface area contributed by atoms with E-state index in [4.69, 9.17) is 45.0 Å². The van der Waals surface area contributed by atoms with Gasteiger partial charge in [0.1, 0.15) is 31.0 Å². The van der Waals surface area contributed by atoms with Crippen LogP contribution in [0.15, 0.2) is 83.3 Å². The zero-order valence-corrected chi connectivity index (χ0v) is 51.7. The highest BCUT2D eigenvalue weighted by atomic mass is 35.5. The van der Waals surface area contributed by atoms with Crippen LogP contribution in [-0.4, -0.2) is 170 Å². The Bertz CT molecular complexity index is 3670. The number of aromatic nitrogens is 5. The number of aryl methyl sites for hydroxylation is 1. The Morgan fingerprint density at radius 3 is 2.35 bits per heavy atom. The highest BCUT2D eigenvalue weighted by Crippen LogP contribution is 2.48. The van der Waals surface area contributed by atoms with Gasteiger partial charge in [0.15, 0.2) is 27.0 Å². The number of aliphatic hydroxyl groups excluding tert-OH is 1. The molecule has 30 heteroatoms. The molecule has 89 heavy (non-hydrogen) atoms. The number of nitrogens with one attached hydrogen (secondary N) is 5. The summed E-state index contributed by atoms with van der Waals surface area (Å²) in [5, 5.41) is 26.1. The molecule has 4 aliphatic rings. The molecule has 0 radical (unpaired) electrons. The van der Waals surface area contributed by atoms with Gasteiger partial charge >= 0.3 is 12.3 Å². The number of pyridine rings is 1. The summed E-state index contributed by atoms with van der Waals surface area (Å²) in [5.41, 5.74) is 2.04. The Kier molecular flexibility index (Phi) is 19.7. The maximum atomic E-state index is 14.7. The van der Waals surface area contributed by atoms with Crippen molar-refractivity contribution < 1.29 is 69.5 Å². The van der Waals surface area contributed by atoms with Gasteiger partial charge in [0, 0.05) is 69.3 Å². The fourth-order valence-electron chi connectivity index (χ4n) is 10.2. The summed E-state index contributed by atoms with van der Waals surface area (Å²) in [5.74, 6) is -1.72. The molecule has 0 unspecified atom stereocenters. The molecule has 0 spiro atoms. The second-order valence-corrected chi connectivity index (χ2v) is 26.0. The Hall–Kier alpha value is -7.67. The van der Waals surface area contributed by atoms with Crippen molar-refractivity contribution in [3.8, 4) is 33.7 Å². The first kappa shape index (κ1) is 64.3. The molecule has 1 saturated carbocycles. The molecule has 3 aromatic carbocycles. The number of nitrogens with zero attached hydrogens (tertiary/aromatic N) is 7. The maximum Gasteiger partial charge on any atom is 0.586 e.